The van der Waals surface area contributed by atoms with Gasteiger partial charge in [-0.1, -0.05) is 0 Å². The second kappa shape index (κ2) is 9.43. The molecule has 0 unspecified atom stereocenters. The van der Waals surface area contributed by atoms with E-state index < -0.39 is 0 Å². The molecular weight excluding hydrogens is 330 g/mol. The molecule has 0 aliphatic heterocycles. The lowest BCUT2D eigenvalue weighted by molar-refractivity contribution is -0.116. The number of furan rings is 1. The van der Waals surface area contributed by atoms with Crippen molar-refractivity contribution < 1.29 is 18.7 Å². The van der Waals surface area contributed by atoms with Crippen LogP contribution in [0, 0.1) is 13.8 Å². The maximum Gasteiger partial charge on any atom is 0.244 e. The van der Waals surface area contributed by atoms with Crippen molar-refractivity contribution in [2.75, 3.05) is 26.4 Å². The summed E-state index contributed by atoms with van der Waals surface area (Å²) in [5.74, 6) is 0.662. The highest BCUT2D eigenvalue weighted by atomic mass is 16.5. The van der Waals surface area contributed by atoms with Crippen LogP contribution >= 0.6 is 0 Å². The van der Waals surface area contributed by atoms with Gasteiger partial charge in [0.05, 0.1) is 12.9 Å². The average molecular weight is 359 g/mol. The van der Waals surface area contributed by atoms with Crippen LogP contribution in [0.4, 0.5) is 0 Å². The summed E-state index contributed by atoms with van der Waals surface area (Å²) in [5.41, 5.74) is 4.65. The Labute approximate surface area is 155 Å². The van der Waals surface area contributed by atoms with E-state index in [2.05, 4.69) is 5.32 Å². The quantitative estimate of drug-likeness (QED) is 0.533. The van der Waals surface area contributed by atoms with Crippen LogP contribution in [0.5, 0.6) is 5.75 Å². The van der Waals surface area contributed by atoms with Crippen molar-refractivity contribution >= 4 is 22.4 Å². The van der Waals surface area contributed by atoms with E-state index in [4.69, 9.17) is 13.9 Å². The number of carbonyl (C=O) groups excluding carboxylic acids is 1. The lowest BCUT2D eigenvalue weighted by Gasteiger charge is -2.14. The lowest BCUT2D eigenvalue weighted by atomic mass is 9.98. The van der Waals surface area contributed by atoms with Gasteiger partial charge in [-0.05, 0) is 58.2 Å². The van der Waals surface area contributed by atoms with E-state index in [0.29, 0.717) is 26.4 Å². The molecule has 0 bridgehead atoms. The van der Waals surface area contributed by atoms with Gasteiger partial charge in [-0.15, -0.1) is 0 Å². The van der Waals surface area contributed by atoms with Crippen LogP contribution in [0.25, 0.3) is 16.5 Å². The first-order valence-electron chi connectivity index (χ1n) is 9.18. The van der Waals surface area contributed by atoms with Gasteiger partial charge in [0, 0.05) is 42.3 Å². The first-order valence-corrected chi connectivity index (χ1v) is 9.18. The lowest BCUT2D eigenvalue weighted by Crippen LogP contribution is -2.23. The number of hydrogen-bond acceptors (Lipinski definition) is 4. The minimum Gasteiger partial charge on any atom is -0.493 e. The molecule has 1 N–H and O–H groups in total. The average Bonchev–Trinajstić information content (AvgIpc) is 2.98. The molecule has 2 rings (SSSR count). The summed E-state index contributed by atoms with van der Waals surface area (Å²) in [6, 6.07) is 2.04. The standard InChI is InChI=1S/C21H29NO4/c1-6-24-10-8-9-22-19(23)11-14(3)17-12-18-15(4)13-26-21(18)16(5)20(17)25-7-2/h11-13H,6-10H2,1-5H3,(H,22,23)/b14-11+. The van der Waals surface area contributed by atoms with Crippen molar-refractivity contribution in [3.8, 4) is 5.75 Å². The highest BCUT2D eigenvalue weighted by Crippen LogP contribution is 2.37. The number of rotatable bonds is 9. The number of ether oxygens (including phenoxy) is 2. The monoisotopic (exact) mass is 359 g/mol. The predicted octanol–water partition coefficient (Wildman–Crippen LogP) is 4.39. The Kier molecular flexibility index (Phi) is 7.27. The third-order valence-electron chi connectivity index (χ3n) is 4.27. The van der Waals surface area contributed by atoms with E-state index >= 15 is 0 Å². The van der Waals surface area contributed by atoms with Gasteiger partial charge in [-0.2, -0.15) is 0 Å². The number of benzene rings is 1. The first kappa shape index (κ1) is 20.0. The molecule has 2 aromatic rings. The Morgan fingerprint density at radius 3 is 2.73 bits per heavy atom. The molecule has 1 aromatic heterocycles. The van der Waals surface area contributed by atoms with Gasteiger partial charge < -0.3 is 19.2 Å². The van der Waals surface area contributed by atoms with Gasteiger partial charge >= 0.3 is 0 Å². The SMILES string of the molecule is CCOCCCNC(=O)/C=C(\C)c1cc2c(C)coc2c(C)c1OCC. The molecule has 0 saturated carbocycles. The van der Waals surface area contributed by atoms with Crippen molar-refractivity contribution in [3.63, 3.8) is 0 Å². The Morgan fingerprint density at radius 2 is 2.04 bits per heavy atom. The van der Waals surface area contributed by atoms with Gasteiger partial charge in [0.2, 0.25) is 5.91 Å². The minimum atomic E-state index is -0.108. The van der Waals surface area contributed by atoms with E-state index in [1.807, 2.05) is 40.7 Å². The zero-order chi connectivity index (χ0) is 19.1. The van der Waals surface area contributed by atoms with Gasteiger partial charge in [-0.3, -0.25) is 4.79 Å². The van der Waals surface area contributed by atoms with Gasteiger partial charge in [-0.25, -0.2) is 0 Å². The molecule has 5 nitrogen and oxygen atoms in total. The molecule has 0 spiro atoms. The second-order valence-electron chi connectivity index (χ2n) is 6.28. The zero-order valence-electron chi connectivity index (χ0n) is 16.4. The second-order valence-corrected chi connectivity index (χ2v) is 6.28. The van der Waals surface area contributed by atoms with Crippen molar-refractivity contribution in [3.05, 3.63) is 35.1 Å². The van der Waals surface area contributed by atoms with Crippen molar-refractivity contribution in [2.24, 2.45) is 0 Å². The number of allylic oxidation sites excluding steroid dienone is 1. The van der Waals surface area contributed by atoms with Crippen molar-refractivity contribution in [1.29, 1.82) is 0 Å². The smallest absolute Gasteiger partial charge is 0.244 e. The van der Waals surface area contributed by atoms with Crippen LogP contribution in [0.2, 0.25) is 0 Å². The summed E-state index contributed by atoms with van der Waals surface area (Å²) < 4.78 is 16.8. The molecule has 1 aromatic carbocycles. The Hall–Kier alpha value is -2.27. The summed E-state index contributed by atoms with van der Waals surface area (Å²) in [5, 5.41) is 3.94. The van der Waals surface area contributed by atoms with Gasteiger partial charge in [0.1, 0.15) is 11.3 Å². The van der Waals surface area contributed by atoms with E-state index in [1.54, 1.807) is 12.3 Å². The molecule has 0 aliphatic carbocycles. The molecule has 0 fully saturated rings. The molecule has 5 heteroatoms. The molecule has 0 aliphatic rings. The largest absolute Gasteiger partial charge is 0.493 e. The summed E-state index contributed by atoms with van der Waals surface area (Å²) in [7, 11) is 0. The number of carbonyl (C=O) groups is 1. The Bertz CT molecular complexity index is 789. The molecule has 0 radical (unpaired) electrons. The van der Waals surface area contributed by atoms with Crippen molar-refractivity contribution in [1.82, 2.24) is 5.32 Å². The third kappa shape index (κ3) is 4.67. The molecule has 1 amide bonds. The fourth-order valence-electron chi connectivity index (χ4n) is 2.92. The molecular formula is C21H29NO4. The number of amides is 1. The van der Waals surface area contributed by atoms with E-state index in [1.165, 1.54) is 0 Å². The fourth-order valence-corrected chi connectivity index (χ4v) is 2.92. The molecule has 1 heterocycles. The van der Waals surface area contributed by atoms with Crippen LogP contribution < -0.4 is 10.1 Å². The molecule has 26 heavy (non-hydrogen) atoms. The first-order chi connectivity index (χ1) is 12.5. The Morgan fingerprint density at radius 1 is 1.27 bits per heavy atom. The van der Waals surface area contributed by atoms with Crippen LogP contribution in [0.3, 0.4) is 0 Å². The molecule has 142 valence electrons. The highest BCUT2D eigenvalue weighted by Gasteiger charge is 2.17. The van der Waals surface area contributed by atoms with Crippen LogP contribution in [-0.2, 0) is 9.53 Å². The number of aryl methyl sites for hydroxylation is 2. The maximum absolute atomic E-state index is 12.2. The minimum absolute atomic E-state index is 0.108. The summed E-state index contributed by atoms with van der Waals surface area (Å²) in [6.07, 6.45) is 4.18. The number of fused-ring (bicyclic) bond motifs is 1. The van der Waals surface area contributed by atoms with Crippen LogP contribution in [0.15, 0.2) is 22.8 Å². The predicted molar refractivity (Wildman–Crippen MR) is 105 cm³/mol. The number of nitrogens with one attached hydrogen (secondary N) is 1. The Balaban J connectivity index is 2.24. The van der Waals surface area contributed by atoms with Crippen LogP contribution in [-0.4, -0.2) is 32.3 Å². The maximum atomic E-state index is 12.2. The van der Waals surface area contributed by atoms with Gasteiger partial charge in [0.15, 0.2) is 0 Å². The van der Waals surface area contributed by atoms with E-state index in [9.17, 15) is 4.79 Å². The molecule has 0 atom stereocenters. The topological polar surface area (TPSA) is 60.7 Å². The van der Waals surface area contributed by atoms with E-state index in [0.717, 1.165) is 45.4 Å². The van der Waals surface area contributed by atoms with Crippen LogP contribution in [0.1, 0.15) is 43.9 Å². The summed E-state index contributed by atoms with van der Waals surface area (Å²) in [6.45, 7) is 12.3. The summed E-state index contributed by atoms with van der Waals surface area (Å²) in [4.78, 5) is 12.2. The normalized spacial score (nSPS) is 11.8. The molecule has 0 saturated heterocycles. The summed E-state index contributed by atoms with van der Waals surface area (Å²) >= 11 is 0. The van der Waals surface area contributed by atoms with E-state index in [-0.39, 0.29) is 5.91 Å². The number of hydrogen-bond donors (Lipinski definition) is 1. The van der Waals surface area contributed by atoms with Crippen molar-refractivity contribution in [2.45, 2.75) is 41.0 Å². The highest BCUT2D eigenvalue weighted by molar-refractivity contribution is 5.98. The third-order valence-corrected chi connectivity index (χ3v) is 4.27. The fraction of sp³-hybridized carbons (Fsp3) is 0.476. The van der Waals surface area contributed by atoms with Gasteiger partial charge in [0.25, 0.3) is 0 Å². The zero-order valence-corrected chi connectivity index (χ0v) is 16.4.